The number of nitrogens with one attached hydrogen (secondary N) is 1. The Kier molecular flexibility index (Phi) is 5.22. The summed E-state index contributed by atoms with van der Waals surface area (Å²) < 4.78 is 1.44. The molecule has 1 amide bonds. The molecule has 3 aromatic rings. The molecule has 1 N–H and O–H groups in total. The lowest BCUT2D eigenvalue weighted by Gasteiger charge is -2.12. The summed E-state index contributed by atoms with van der Waals surface area (Å²) in [6.07, 6.45) is 3.17. The van der Waals surface area contributed by atoms with Crippen molar-refractivity contribution >= 4 is 46.4 Å². The van der Waals surface area contributed by atoms with Gasteiger partial charge in [0.25, 0.3) is 0 Å². The number of aromatic nitrogens is 4. The molecular weight excluding hydrogens is 385 g/mol. The normalized spacial score (nSPS) is 12.0. The van der Waals surface area contributed by atoms with Gasteiger partial charge in [0.1, 0.15) is 11.7 Å². The smallest absolute Gasteiger partial charge is 0.249 e. The van der Waals surface area contributed by atoms with Crippen molar-refractivity contribution in [3.05, 3.63) is 57.9 Å². The first kappa shape index (κ1) is 17.7. The van der Waals surface area contributed by atoms with Gasteiger partial charge in [0.15, 0.2) is 5.15 Å². The fourth-order valence-electron chi connectivity index (χ4n) is 2.13. The molecule has 3 rings (SSSR count). The average molecular weight is 397 g/mol. The van der Waals surface area contributed by atoms with Crippen LogP contribution in [0.15, 0.2) is 42.7 Å². The lowest BCUT2D eigenvalue weighted by Crippen LogP contribution is -2.24. The number of anilines is 1. The summed E-state index contributed by atoms with van der Waals surface area (Å²) in [5, 5.41) is 11.8. The van der Waals surface area contributed by atoms with Gasteiger partial charge in [0, 0.05) is 11.8 Å². The standard InChI is InChI=1S/C16H12Cl3N5O/c1-9(16(25)21-12-6-3-7-20-15(12)19)24-8-13(22-23-24)10-4-2-5-11(17)14(10)18/h2-9H,1H3,(H,21,25). The molecule has 9 heteroatoms. The number of pyridine rings is 1. The molecule has 0 fully saturated rings. The molecule has 2 aromatic heterocycles. The number of benzene rings is 1. The highest BCUT2D eigenvalue weighted by Gasteiger charge is 2.19. The van der Waals surface area contributed by atoms with Gasteiger partial charge < -0.3 is 5.32 Å². The van der Waals surface area contributed by atoms with E-state index in [2.05, 4.69) is 20.6 Å². The third kappa shape index (κ3) is 3.76. The third-order valence-corrected chi connectivity index (χ3v) is 4.65. The minimum atomic E-state index is -0.615. The molecule has 0 spiro atoms. The number of carbonyl (C=O) groups excluding carboxylic acids is 1. The topological polar surface area (TPSA) is 72.7 Å². The fraction of sp³-hybridized carbons (Fsp3) is 0.125. The summed E-state index contributed by atoms with van der Waals surface area (Å²) >= 11 is 18.2. The quantitative estimate of drug-likeness (QED) is 0.659. The van der Waals surface area contributed by atoms with E-state index in [0.717, 1.165) is 0 Å². The summed E-state index contributed by atoms with van der Waals surface area (Å²) in [7, 11) is 0. The highest BCUT2D eigenvalue weighted by molar-refractivity contribution is 6.43. The lowest BCUT2D eigenvalue weighted by atomic mass is 10.2. The maximum atomic E-state index is 12.4. The van der Waals surface area contributed by atoms with Crippen molar-refractivity contribution in [3.63, 3.8) is 0 Å². The Morgan fingerprint density at radius 2 is 2.00 bits per heavy atom. The van der Waals surface area contributed by atoms with Crippen LogP contribution in [0.5, 0.6) is 0 Å². The zero-order chi connectivity index (χ0) is 18.0. The molecule has 128 valence electrons. The minimum absolute atomic E-state index is 0.216. The van der Waals surface area contributed by atoms with Crippen LogP contribution in [0.25, 0.3) is 11.3 Å². The Morgan fingerprint density at radius 3 is 2.76 bits per heavy atom. The predicted octanol–water partition coefficient (Wildman–Crippen LogP) is 4.50. The molecular formula is C16H12Cl3N5O. The SMILES string of the molecule is CC(C(=O)Nc1cccnc1Cl)n1cc(-c2cccc(Cl)c2Cl)nn1. The number of nitrogens with zero attached hydrogens (tertiary/aromatic N) is 4. The van der Waals surface area contributed by atoms with Gasteiger partial charge in [-0.3, -0.25) is 4.79 Å². The highest BCUT2D eigenvalue weighted by Crippen LogP contribution is 2.32. The van der Waals surface area contributed by atoms with E-state index >= 15 is 0 Å². The number of carbonyl (C=O) groups is 1. The summed E-state index contributed by atoms with van der Waals surface area (Å²) in [5.41, 5.74) is 1.59. The van der Waals surface area contributed by atoms with Crippen LogP contribution in [-0.2, 0) is 4.79 Å². The van der Waals surface area contributed by atoms with Gasteiger partial charge in [-0.1, -0.05) is 52.1 Å². The monoisotopic (exact) mass is 395 g/mol. The van der Waals surface area contributed by atoms with Crippen molar-refractivity contribution < 1.29 is 4.79 Å². The first-order valence-corrected chi connectivity index (χ1v) is 8.38. The van der Waals surface area contributed by atoms with Crippen LogP contribution in [0.2, 0.25) is 15.2 Å². The maximum absolute atomic E-state index is 12.4. The fourth-order valence-corrected chi connectivity index (χ4v) is 2.69. The van der Waals surface area contributed by atoms with Crippen LogP contribution < -0.4 is 5.32 Å². The number of hydrogen-bond acceptors (Lipinski definition) is 4. The van der Waals surface area contributed by atoms with Gasteiger partial charge in [-0.15, -0.1) is 5.10 Å². The van der Waals surface area contributed by atoms with Crippen molar-refractivity contribution in [1.29, 1.82) is 0 Å². The highest BCUT2D eigenvalue weighted by atomic mass is 35.5. The van der Waals surface area contributed by atoms with Crippen LogP contribution in [0.1, 0.15) is 13.0 Å². The van der Waals surface area contributed by atoms with Gasteiger partial charge in [-0.05, 0) is 25.1 Å². The van der Waals surface area contributed by atoms with E-state index in [9.17, 15) is 4.79 Å². The van der Waals surface area contributed by atoms with Gasteiger partial charge >= 0.3 is 0 Å². The first-order valence-electron chi connectivity index (χ1n) is 7.25. The molecule has 1 aromatic carbocycles. The molecule has 1 unspecified atom stereocenters. The third-order valence-electron chi connectivity index (χ3n) is 3.53. The van der Waals surface area contributed by atoms with Gasteiger partial charge in [0.05, 0.1) is 21.9 Å². The van der Waals surface area contributed by atoms with E-state index in [1.165, 1.54) is 4.68 Å². The zero-order valence-corrected chi connectivity index (χ0v) is 15.2. The van der Waals surface area contributed by atoms with Crippen molar-refractivity contribution in [2.24, 2.45) is 0 Å². The lowest BCUT2D eigenvalue weighted by molar-refractivity contribution is -0.119. The maximum Gasteiger partial charge on any atom is 0.249 e. The number of rotatable bonds is 4. The number of hydrogen-bond donors (Lipinski definition) is 1. The molecule has 0 radical (unpaired) electrons. The van der Waals surface area contributed by atoms with Gasteiger partial charge in [-0.2, -0.15) is 0 Å². The van der Waals surface area contributed by atoms with E-state index in [1.54, 1.807) is 49.6 Å². The van der Waals surface area contributed by atoms with Crippen LogP contribution >= 0.6 is 34.8 Å². The molecule has 0 aliphatic heterocycles. The van der Waals surface area contributed by atoms with Gasteiger partial charge in [-0.25, -0.2) is 9.67 Å². The first-order chi connectivity index (χ1) is 12.0. The van der Waals surface area contributed by atoms with E-state index in [4.69, 9.17) is 34.8 Å². The largest absolute Gasteiger partial charge is 0.322 e. The molecule has 0 bridgehead atoms. The Morgan fingerprint density at radius 1 is 1.20 bits per heavy atom. The summed E-state index contributed by atoms with van der Waals surface area (Å²) in [4.78, 5) is 16.3. The summed E-state index contributed by atoms with van der Waals surface area (Å²) in [5.74, 6) is -0.302. The van der Waals surface area contributed by atoms with E-state index in [-0.39, 0.29) is 11.1 Å². The second kappa shape index (κ2) is 7.39. The molecule has 1 atom stereocenters. The number of halogens is 3. The van der Waals surface area contributed by atoms with E-state index in [1.807, 2.05) is 0 Å². The molecule has 0 aliphatic carbocycles. The molecule has 6 nitrogen and oxygen atoms in total. The number of amides is 1. The van der Waals surface area contributed by atoms with Crippen molar-refractivity contribution in [3.8, 4) is 11.3 Å². The molecule has 25 heavy (non-hydrogen) atoms. The van der Waals surface area contributed by atoms with E-state index in [0.29, 0.717) is 27.0 Å². The minimum Gasteiger partial charge on any atom is -0.322 e. The Labute approximate surface area is 158 Å². The van der Waals surface area contributed by atoms with Crippen molar-refractivity contribution in [1.82, 2.24) is 20.0 Å². The Bertz CT molecular complexity index is 928. The second-order valence-electron chi connectivity index (χ2n) is 5.19. The molecule has 0 aliphatic rings. The predicted molar refractivity (Wildman–Crippen MR) is 98.1 cm³/mol. The van der Waals surface area contributed by atoms with Gasteiger partial charge in [0.2, 0.25) is 5.91 Å². The van der Waals surface area contributed by atoms with Crippen LogP contribution in [0.4, 0.5) is 5.69 Å². The molecule has 0 saturated heterocycles. The van der Waals surface area contributed by atoms with Crippen molar-refractivity contribution in [2.45, 2.75) is 13.0 Å². The van der Waals surface area contributed by atoms with E-state index < -0.39 is 6.04 Å². The molecule has 2 heterocycles. The Balaban J connectivity index is 1.81. The molecule has 0 saturated carbocycles. The van der Waals surface area contributed by atoms with Crippen LogP contribution in [0.3, 0.4) is 0 Å². The average Bonchev–Trinajstić information content (AvgIpc) is 3.08. The summed E-state index contributed by atoms with van der Waals surface area (Å²) in [6, 6.07) is 7.96. The zero-order valence-electron chi connectivity index (χ0n) is 12.9. The van der Waals surface area contributed by atoms with Crippen LogP contribution in [0, 0.1) is 0 Å². The Hall–Kier alpha value is -2.15. The summed E-state index contributed by atoms with van der Waals surface area (Å²) in [6.45, 7) is 1.69. The van der Waals surface area contributed by atoms with Crippen molar-refractivity contribution in [2.75, 3.05) is 5.32 Å². The second-order valence-corrected chi connectivity index (χ2v) is 6.34. The van der Waals surface area contributed by atoms with Crippen LogP contribution in [-0.4, -0.2) is 25.9 Å².